The van der Waals surface area contributed by atoms with Crippen LogP contribution < -0.4 is 10.6 Å². The van der Waals surface area contributed by atoms with Crippen molar-refractivity contribution in [1.29, 1.82) is 0 Å². The first-order valence-corrected chi connectivity index (χ1v) is 14.7. The number of nitrogens with zero attached hydrogens (tertiary/aromatic N) is 8. The highest BCUT2D eigenvalue weighted by Gasteiger charge is 2.35. The number of anilines is 2. The fraction of sp³-hybridized carbons (Fsp3) is 0.156. The molecule has 0 bridgehead atoms. The van der Waals surface area contributed by atoms with E-state index in [2.05, 4.69) is 40.5 Å². The van der Waals surface area contributed by atoms with Crippen LogP contribution in [0.1, 0.15) is 39.0 Å². The van der Waals surface area contributed by atoms with Crippen molar-refractivity contribution >= 4 is 17.5 Å². The summed E-state index contributed by atoms with van der Waals surface area (Å²) < 4.78 is 133. The van der Waals surface area contributed by atoms with E-state index in [1.807, 2.05) is 0 Å². The molecular formula is C32H22F10N10O. The molecule has 6 heterocycles. The number of carbonyl (C=O) groups excluding carboxylic acids is 1. The highest BCUT2D eigenvalue weighted by Crippen LogP contribution is 2.30. The molecule has 1 amide bonds. The summed E-state index contributed by atoms with van der Waals surface area (Å²) in [5.74, 6) is -4.44. The Hall–Kier alpha value is -6.41. The Labute approximate surface area is 291 Å². The molecule has 276 valence electrons. The van der Waals surface area contributed by atoms with E-state index in [4.69, 9.17) is 0 Å². The van der Waals surface area contributed by atoms with E-state index in [1.165, 1.54) is 59.6 Å². The fourth-order valence-corrected chi connectivity index (χ4v) is 4.57. The summed E-state index contributed by atoms with van der Waals surface area (Å²) >= 11 is 0. The fourth-order valence-electron chi connectivity index (χ4n) is 4.57. The normalized spacial score (nSPS) is 11.5. The van der Waals surface area contributed by atoms with Gasteiger partial charge in [-0.25, -0.2) is 37.5 Å². The van der Waals surface area contributed by atoms with Crippen LogP contribution in [0.15, 0.2) is 73.8 Å². The van der Waals surface area contributed by atoms with Gasteiger partial charge in [0.1, 0.15) is 40.5 Å². The molecule has 0 saturated carbocycles. The molecule has 0 unspecified atom stereocenters. The quantitative estimate of drug-likeness (QED) is 0.162. The van der Waals surface area contributed by atoms with Gasteiger partial charge in [-0.3, -0.25) is 14.8 Å². The van der Waals surface area contributed by atoms with E-state index in [1.54, 1.807) is 0 Å². The second-order valence-electron chi connectivity index (χ2n) is 10.8. The zero-order valence-electron chi connectivity index (χ0n) is 26.9. The van der Waals surface area contributed by atoms with Crippen LogP contribution in [0.5, 0.6) is 0 Å². The first-order valence-electron chi connectivity index (χ1n) is 14.7. The lowest BCUT2D eigenvalue weighted by Gasteiger charge is -2.09. The Bertz CT molecular complexity index is 2190. The summed E-state index contributed by atoms with van der Waals surface area (Å²) in [6, 6.07) is 5.65. The molecule has 0 aromatic carbocycles. The molecule has 53 heavy (non-hydrogen) atoms. The number of nitrogens with one attached hydrogen (secondary N) is 2. The highest BCUT2D eigenvalue weighted by molar-refractivity contribution is 6.04. The molecule has 6 rings (SSSR count). The number of amides is 1. The monoisotopic (exact) mass is 752 g/mol. The summed E-state index contributed by atoms with van der Waals surface area (Å²) in [5, 5.41) is 4.94. The Morgan fingerprint density at radius 1 is 0.642 bits per heavy atom. The molecule has 0 aliphatic heterocycles. The average molecular weight is 753 g/mol. The molecular weight excluding hydrogens is 730 g/mol. The van der Waals surface area contributed by atoms with Gasteiger partial charge in [-0.05, 0) is 38.1 Å². The first-order chi connectivity index (χ1) is 24.9. The zero-order valence-corrected chi connectivity index (χ0v) is 26.9. The van der Waals surface area contributed by atoms with Gasteiger partial charge in [0.25, 0.3) is 5.91 Å². The Kier molecular flexibility index (Phi) is 10.7. The van der Waals surface area contributed by atoms with Crippen LogP contribution in [-0.4, -0.2) is 44.9 Å². The van der Waals surface area contributed by atoms with Crippen molar-refractivity contribution in [3.63, 3.8) is 0 Å². The van der Waals surface area contributed by atoms with Crippen molar-refractivity contribution in [3.05, 3.63) is 131 Å². The molecule has 0 aliphatic rings. The number of pyridine rings is 4. The van der Waals surface area contributed by atoms with Crippen LogP contribution in [0.4, 0.5) is 55.5 Å². The molecule has 0 spiro atoms. The minimum Gasteiger partial charge on any atom is -0.366 e. The molecule has 0 fully saturated rings. The van der Waals surface area contributed by atoms with Gasteiger partial charge in [0, 0.05) is 24.5 Å². The lowest BCUT2D eigenvalue weighted by molar-refractivity contribution is -0.141. The first kappa shape index (κ1) is 37.8. The summed E-state index contributed by atoms with van der Waals surface area (Å²) in [5.41, 5.74) is -2.43. The van der Waals surface area contributed by atoms with E-state index in [-0.39, 0.29) is 35.3 Å². The number of aromatic nitrogens is 8. The van der Waals surface area contributed by atoms with E-state index < -0.39 is 58.5 Å². The number of carbonyl (C=O) groups is 1. The smallest absolute Gasteiger partial charge is 0.366 e. The number of aryl methyl sites for hydroxylation is 2. The van der Waals surface area contributed by atoms with Crippen molar-refractivity contribution < 1.29 is 48.7 Å². The van der Waals surface area contributed by atoms with Gasteiger partial charge < -0.3 is 19.8 Å². The maximum Gasteiger partial charge on any atom is 0.434 e. The van der Waals surface area contributed by atoms with Crippen LogP contribution >= 0.6 is 0 Å². The van der Waals surface area contributed by atoms with Crippen molar-refractivity contribution in [2.45, 2.75) is 32.7 Å². The van der Waals surface area contributed by atoms with Crippen molar-refractivity contribution in [3.8, 4) is 11.4 Å². The third kappa shape index (κ3) is 8.91. The Morgan fingerprint density at radius 3 is 1.47 bits per heavy atom. The minimum atomic E-state index is -4.59. The van der Waals surface area contributed by atoms with E-state index >= 15 is 0 Å². The number of hydrogen-bond donors (Lipinski definition) is 2. The largest absolute Gasteiger partial charge is 0.434 e. The van der Waals surface area contributed by atoms with E-state index in [9.17, 15) is 48.7 Å². The third-order valence-electron chi connectivity index (χ3n) is 7.12. The summed E-state index contributed by atoms with van der Waals surface area (Å²) in [6.07, 6.45) is -1.75. The van der Waals surface area contributed by atoms with Gasteiger partial charge in [0.2, 0.25) is 0 Å². The van der Waals surface area contributed by atoms with Gasteiger partial charge in [0.15, 0.2) is 23.0 Å². The standard InChI is InChI=1S/C16H10F5N5O.C16H12F5N5/c1-8-24-12(16(19,20)21)7-26(8)9-2-3-13(23-4-9)25-15(27)14-10(17)5-22-6-11(14)18;1-9-25-14(16(19,20)21)8-26(9)10-2-3-15(23-4-10)24-5-11-12(17)6-22-7-13(11)18/h2-7H,1H3,(H,23,25,27);2-4,6-8H,5H2,1H3,(H,23,24). The lowest BCUT2D eigenvalue weighted by atomic mass is 10.2. The average Bonchev–Trinajstić information content (AvgIpc) is 3.68. The number of rotatable bonds is 7. The van der Waals surface area contributed by atoms with E-state index in [0.717, 1.165) is 24.8 Å². The van der Waals surface area contributed by atoms with Gasteiger partial charge in [-0.1, -0.05) is 0 Å². The van der Waals surface area contributed by atoms with Crippen LogP contribution in [0.3, 0.4) is 0 Å². The molecule has 6 aromatic rings. The van der Waals surface area contributed by atoms with Gasteiger partial charge in [-0.15, -0.1) is 0 Å². The maximum atomic E-state index is 13.5. The van der Waals surface area contributed by atoms with Crippen LogP contribution in [-0.2, 0) is 18.9 Å². The van der Waals surface area contributed by atoms with E-state index in [0.29, 0.717) is 23.9 Å². The van der Waals surface area contributed by atoms with Crippen molar-refractivity contribution in [1.82, 2.24) is 39.0 Å². The van der Waals surface area contributed by atoms with Gasteiger partial charge >= 0.3 is 12.4 Å². The number of imidazole rings is 2. The van der Waals surface area contributed by atoms with Crippen LogP contribution in [0.25, 0.3) is 11.4 Å². The molecule has 0 atom stereocenters. The minimum absolute atomic E-state index is 0.0480. The molecule has 0 saturated heterocycles. The topological polar surface area (TPSA) is 128 Å². The molecule has 6 aromatic heterocycles. The van der Waals surface area contributed by atoms with Gasteiger partial charge in [-0.2, -0.15) is 26.3 Å². The second kappa shape index (κ2) is 15.1. The van der Waals surface area contributed by atoms with Crippen LogP contribution in [0.2, 0.25) is 0 Å². The third-order valence-corrected chi connectivity index (χ3v) is 7.12. The Balaban J connectivity index is 0.000000204. The summed E-state index contributed by atoms with van der Waals surface area (Å²) in [4.78, 5) is 33.5. The number of halogens is 10. The summed E-state index contributed by atoms with van der Waals surface area (Å²) in [7, 11) is 0. The summed E-state index contributed by atoms with van der Waals surface area (Å²) in [6.45, 7) is 2.67. The molecule has 0 radical (unpaired) electrons. The predicted molar refractivity (Wildman–Crippen MR) is 166 cm³/mol. The SMILES string of the molecule is Cc1nc(C(F)(F)F)cn1-c1ccc(NC(=O)c2c(F)cncc2F)nc1.Cc1nc(C(F)(F)F)cn1-c1ccc(NCc2c(F)cncc2F)nc1. The number of alkyl halides is 6. The van der Waals surface area contributed by atoms with Crippen LogP contribution in [0, 0.1) is 37.1 Å². The van der Waals surface area contributed by atoms with Crippen molar-refractivity contribution in [2.75, 3.05) is 10.6 Å². The van der Waals surface area contributed by atoms with Crippen molar-refractivity contribution in [2.24, 2.45) is 0 Å². The van der Waals surface area contributed by atoms with Gasteiger partial charge in [0.05, 0.1) is 48.6 Å². The molecule has 2 N–H and O–H groups in total. The lowest BCUT2D eigenvalue weighted by Crippen LogP contribution is -2.17. The predicted octanol–water partition coefficient (Wildman–Crippen LogP) is 7.40. The Morgan fingerprint density at radius 2 is 1.08 bits per heavy atom. The highest BCUT2D eigenvalue weighted by atomic mass is 19.4. The zero-order chi connectivity index (χ0) is 38.7. The number of hydrogen-bond acceptors (Lipinski definition) is 8. The molecule has 0 aliphatic carbocycles. The molecule has 11 nitrogen and oxygen atoms in total. The second-order valence-corrected chi connectivity index (χ2v) is 10.8. The maximum absolute atomic E-state index is 13.5. The molecule has 21 heteroatoms.